The first-order valence-electron chi connectivity index (χ1n) is 5.99. The summed E-state index contributed by atoms with van der Waals surface area (Å²) in [6.07, 6.45) is 0. The van der Waals surface area contributed by atoms with Crippen LogP contribution in [0.4, 0.5) is 0 Å². The molecule has 2 N–H and O–H groups in total. The molecule has 0 saturated carbocycles. The smallest absolute Gasteiger partial charge is 0.161 e. The highest BCUT2D eigenvalue weighted by molar-refractivity contribution is 9.10. The molecule has 0 saturated heterocycles. The SMILES string of the molecule is COc1ccc(C(N)c2ccc(Br)cc2Cl)cc1OC. The van der Waals surface area contributed by atoms with Gasteiger partial charge in [0.15, 0.2) is 11.5 Å². The molecule has 3 nitrogen and oxygen atoms in total. The third-order valence-corrected chi connectivity index (χ3v) is 3.88. The molecule has 2 rings (SSSR count). The molecular formula is C15H15BrClNO2. The summed E-state index contributed by atoms with van der Waals surface area (Å²) in [5, 5.41) is 0.627. The van der Waals surface area contributed by atoms with Crippen LogP contribution in [0.5, 0.6) is 11.5 Å². The van der Waals surface area contributed by atoms with E-state index in [0.29, 0.717) is 16.5 Å². The van der Waals surface area contributed by atoms with Gasteiger partial charge in [0.05, 0.1) is 20.3 Å². The average Bonchev–Trinajstić information content (AvgIpc) is 2.45. The molecule has 0 aliphatic carbocycles. The van der Waals surface area contributed by atoms with Crippen LogP contribution in [0.25, 0.3) is 0 Å². The van der Waals surface area contributed by atoms with Crippen molar-refractivity contribution in [2.75, 3.05) is 14.2 Å². The van der Waals surface area contributed by atoms with Gasteiger partial charge >= 0.3 is 0 Å². The van der Waals surface area contributed by atoms with Crippen molar-refractivity contribution < 1.29 is 9.47 Å². The number of methoxy groups -OCH3 is 2. The number of halogens is 2. The van der Waals surface area contributed by atoms with E-state index in [1.54, 1.807) is 14.2 Å². The van der Waals surface area contributed by atoms with Crippen molar-refractivity contribution in [1.82, 2.24) is 0 Å². The Labute approximate surface area is 131 Å². The molecular weight excluding hydrogens is 342 g/mol. The number of ether oxygens (including phenoxy) is 2. The van der Waals surface area contributed by atoms with Crippen molar-refractivity contribution in [3.05, 3.63) is 57.0 Å². The highest BCUT2D eigenvalue weighted by Gasteiger charge is 2.15. The lowest BCUT2D eigenvalue weighted by Gasteiger charge is -2.16. The third kappa shape index (κ3) is 3.08. The molecule has 0 bridgehead atoms. The van der Waals surface area contributed by atoms with E-state index in [4.69, 9.17) is 26.8 Å². The Hall–Kier alpha value is -1.23. The van der Waals surface area contributed by atoms with Gasteiger partial charge in [0.25, 0.3) is 0 Å². The quantitative estimate of drug-likeness (QED) is 0.894. The minimum absolute atomic E-state index is 0.324. The van der Waals surface area contributed by atoms with Crippen molar-refractivity contribution in [1.29, 1.82) is 0 Å². The maximum absolute atomic E-state index is 6.29. The lowest BCUT2D eigenvalue weighted by atomic mass is 9.99. The summed E-state index contributed by atoms with van der Waals surface area (Å²) >= 11 is 9.62. The lowest BCUT2D eigenvalue weighted by Crippen LogP contribution is -2.12. The molecule has 0 fully saturated rings. The summed E-state index contributed by atoms with van der Waals surface area (Å²) in [5.74, 6) is 1.32. The standard InChI is InChI=1S/C15H15BrClNO2/c1-19-13-6-3-9(7-14(13)20-2)15(18)11-5-4-10(16)8-12(11)17/h3-8,15H,18H2,1-2H3. The molecule has 1 unspecified atom stereocenters. The van der Waals surface area contributed by atoms with Gasteiger partial charge in [-0.1, -0.05) is 39.7 Å². The predicted octanol–water partition coefficient (Wildman–Crippen LogP) is 4.17. The highest BCUT2D eigenvalue weighted by Crippen LogP contribution is 2.34. The zero-order valence-electron chi connectivity index (χ0n) is 11.2. The van der Waals surface area contributed by atoms with Crippen LogP contribution in [0.15, 0.2) is 40.9 Å². The van der Waals surface area contributed by atoms with Crippen LogP contribution < -0.4 is 15.2 Å². The third-order valence-electron chi connectivity index (χ3n) is 3.06. The maximum atomic E-state index is 6.29. The number of benzene rings is 2. The molecule has 2 aromatic rings. The zero-order chi connectivity index (χ0) is 14.7. The predicted molar refractivity (Wildman–Crippen MR) is 84.7 cm³/mol. The van der Waals surface area contributed by atoms with Gasteiger partial charge in [0.1, 0.15) is 0 Å². The first-order valence-corrected chi connectivity index (χ1v) is 7.16. The number of hydrogen-bond donors (Lipinski definition) is 1. The Balaban J connectivity index is 2.40. The molecule has 0 heterocycles. The fourth-order valence-electron chi connectivity index (χ4n) is 1.98. The van der Waals surface area contributed by atoms with E-state index in [1.807, 2.05) is 36.4 Å². The van der Waals surface area contributed by atoms with Gasteiger partial charge in [-0.15, -0.1) is 0 Å². The molecule has 20 heavy (non-hydrogen) atoms. The van der Waals surface area contributed by atoms with E-state index in [2.05, 4.69) is 15.9 Å². The van der Waals surface area contributed by atoms with Crippen LogP contribution in [0.3, 0.4) is 0 Å². The van der Waals surface area contributed by atoms with Gasteiger partial charge in [0, 0.05) is 9.50 Å². The van der Waals surface area contributed by atoms with Gasteiger partial charge < -0.3 is 15.2 Å². The fraction of sp³-hybridized carbons (Fsp3) is 0.200. The van der Waals surface area contributed by atoms with E-state index in [9.17, 15) is 0 Å². The summed E-state index contributed by atoms with van der Waals surface area (Å²) in [4.78, 5) is 0. The van der Waals surface area contributed by atoms with Crippen LogP contribution in [0, 0.1) is 0 Å². The Kier molecular flexibility index (Phi) is 4.91. The summed E-state index contributed by atoms with van der Waals surface area (Å²) in [7, 11) is 3.20. The Morgan fingerprint density at radius 1 is 1.05 bits per heavy atom. The van der Waals surface area contributed by atoms with E-state index >= 15 is 0 Å². The van der Waals surface area contributed by atoms with Gasteiger partial charge in [-0.3, -0.25) is 0 Å². The number of rotatable bonds is 4. The average molecular weight is 357 g/mol. The van der Waals surface area contributed by atoms with E-state index in [0.717, 1.165) is 15.6 Å². The Morgan fingerprint density at radius 3 is 2.35 bits per heavy atom. The van der Waals surface area contributed by atoms with E-state index in [1.165, 1.54) is 0 Å². The van der Waals surface area contributed by atoms with Gasteiger partial charge in [0.2, 0.25) is 0 Å². The normalized spacial score (nSPS) is 12.1. The second-order valence-corrected chi connectivity index (χ2v) is 5.58. The van der Waals surface area contributed by atoms with Crippen molar-refractivity contribution in [2.24, 2.45) is 5.73 Å². The van der Waals surface area contributed by atoms with Crippen molar-refractivity contribution in [2.45, 2.75) is 6.04 Å². The maximum Gasteiger partial charge on any atom is 0.161 e. The topological polar surface area (TPSA) is 44.5 Å². The fourth-order valence-corrected chi connectivity index (χ4v) is 2.77. The second-order valence-electron chi connectivity index (χ2n) is 4.26. The largest absolute Gasteiger partial charge is 0.493 e. The lowest BCUT2D eigenvalue weighted by molar-refractivity contribution is 0.354. The molecule has 2 aromatic carbocycles. The summed E-state index contributed by atoms with van der Waals surface area (Å²) in [6, 6.07) is 10.9. The molecule has 0 aromatic heterocycles. The molecule has 0 radical (unpaired) electrons. The van der Waals surface area contributed by atoms with E-state index in [-0.39, 0.29) is 6.04 Å². The molecule has 0 spiro atoms. The molecule has 0 aliphatic rings. The highest BCUT2D eigenvalue weighted by atomic mass is 79.9. The molecule has 0 amide bonds. The van der Waals surface area contributed by atoms with Crippen LogP contribution in [0.1, 0.15) is 17.2 Å². The molecule has 1 atom stereocenters. The molecule has 106 valence electrons. The Morgan fingerprint density at radius 2 is 1.75 bits per heavy atom. The van der Waals surface area contributed by atoms with E-state index < -0.39 is 0 Å². The van der Waals surface area contributed by atoms with Crippen molar-refractivity contribution >= 4 is 27.5 Å². The first-order chi connectivity index (χ1) is 9.56. The summed E-state index contributed by atoms with van der Waals surface area (Å²) in [5.41, 5.74) is 8.06. The number of nitrogens with two attached hydrogens (primary N) is 1. The number of hydrogen-bond acceptors (Lipinski definition) is 3. The Bertz CT molecular complexity index is 619. The van der Waals surface area contributed by atoms with Gasteiger partial charge in [-0.05, 0) is 35.4 Å². The monoisotopic (exact) mass is 355 g/mol. The van der Waals surface area contributed by atoms with Crippen LogP contribution in [-0.4, -0.2) is 14.2 Å². The minimum atomic E-state index is -0.324. The zero-order valence-corrected chi connectivity index (χ0v) is 13.5. The van der Waals surface area contributed by atoms with Crippen LogP contribution in [-0.2, 0) is 0 Å². The molecule has 5 heteroatoms. The second kappa shape index (κ2) is 6.48. The van der Waals surface area contributed by atoms with Crippen molar-refractivity contribution in [3.63, 3.8) is 0 Å². The summed E-state index contributed by atoms with van der Waals surface area (Å²) < 4.78 is 11.4. The molecule has 0 aliphatic heterocycles. The van der Waals surface area contributed by atoms with Crippen molar-refractivity contribution in [3.8, 4) is 11.5 Å². The van der Waals surface area contributed by atoms with Crippen LogP contribution >= 0.6 is 27.5 Å². The van der Waals surface area contributed by atoms with Gasteiger partial charge in [-0.2, -0.15) is 0 Å². The minimum Gasteiger partial charge on any atom is -0.493 e. The first kappa shape index (κ1) is 15.2. The summed E-state index contributed by atoms with van der Waals surface area (Å²) in [6.45, 7) is 0. The van der Waals surface area contributed by atoms with Crippen LogP contribution in [0.2, 0.25) is 5.02 Å². The van der Waals surface area contributed by atoms with Gasteiger partial charge in [-0.25, -0.2) is 0 Å².